The summed E-state index contributed by atoms with van der Waals surface area (Å²) < 4.78 is 0. The molecule has 0 spiro atoms. The number of hydrogen-bond donors (Lipinski definition) is 1. The second-order valence-corrected chi connectivity index (χ2v) is 5.10. The van der Waals surface area contributed by atoms with Gasteiger partial charge in [-0.3, -0.25) is 0 Å². The second kappa shape index (κ2) is 5.88. The molecule has 1 aromatic rings. The summed E-state index contributed by atoms with van der Waals surface area (Å²) in [6.45, 7) is 1.32. The van der Waals surface area contributed by atoms with Crippen LogP contribution in [0.2, 0.25) is 0 Å². The lowest BCUT2D eigenvalue weighted by Crippen LogP contribution is -2.41. The first-order chi connectivity index (χ1) is 8.73. The van der Waals surface area contributed by atoms with Crippen molar-refractivity contribution in [1.82, 2.24) is 0 Å². The molecule has 0 heterocycles. The molecule has 0 saturated heterocycles. The highest BCUT2D eigenvalue weighted by Gasteiger charge is 2.33. The smallest absolute Gasteiger partial charge is 0.0821 e. The lowest BCUT2D eigenvalue weighted by molar-refractivity contribution is 0.0549. The number of para-hydroxylation sites is 1. The zero-order valence-corrected chi connectivity index (χ0v) is 10.7. The summed E-state index contributed by atoms with van der Waals surface area (Å²) in [5.41, 5.74) is 0.527. The van der Waals surface area contributed by atoms with Crippen LogP contribution in [0.3, 0.4) is 0 Å². The summed E-state index contributed by atoms with van der Waals surface area (Å²) in [6, 6.07) is 12.2. The molecule has 96 valence electrons. The average Bonchev–Trinajstić information content (AvgIpc) is 2.82. The van der Waals surface area contributed by atoms with Gasteiger partial charge in [0.2, 0.25) is 0 Å². The van der Waals surface area contributed by atoms with Crippen LogP contribution in [0.15, 0.2) is 30.3 Å². The fraction of sp³-hybridized carbons (Fsp3) is 0.533. The van der Waals surface area contributed by atoms with Crippen LogP contribution in [0.1, 0.15) is 32.1 Å². The zero-order valence-electron chi connectivity index (χ0n) is 10.7. The summed E-state index contributed by atoms with van der Waals surface area (Å²) in [5, 5.41) is 19.2. The van der Waals surface area contributed by atoms with E-state index >= 15 is 0 Å². The third kappa shape index (κ3) is 3.24. The fourth-order valence-corrected chi connectivity index (χ4v) is 2.67. The van der Waals surface area contributed by atoms with Gasteiger partial charge in [0.15, 0.2) is 0 Å². The largest absolute Gasteiger partial charge is 0.388 e. The van der Waals surface area contributed by atoms with Crippen LogP contribution in [0.4, 0.5) is 5.69 Å². The van der Waals surface area contributed by atoms with E-state index in [1.54, 1.807) is 0 Å². The van der Waals surface area contributed by atoms with E-state index in [0.717, 1.165) is 31.4 Å². The van der Waals surface area contributed by atoms with Crippen molar-refractivity contribution in [2.24, 2.45) is 0 Å². The number of nitrogens with zero attached hydrogens (tertiary/aromatic N) is 2. The van der Waals surface area contributed by atoms with Gasteiger partial charge in [0.05, 0.1) is 18.1 Å². The first kappa shape index (κ1) is 12.9. The summed E-state index contributed by atoms with van der Waals surface area (Å²) in [6.07, 6.45) is 4.46. The van der Waals surface area contributed by atoms with Crippen molar-refractivity contribution < 1.29 is 5.11 Å². The number of nitriles is 1. The van der Waals surface area contributed by atoms with E-state index in [1.807, 2.05) is 30.3 Å². The Morgan fingerprint density at radius 3 is 2.50 bits per heavy atom. The standard InChI is InChI=1S/C15H20N2O/c16-11-6-12-17(14-7-2-1-3-8-14)13-15(18)9-4-5-10-15/h1-3,7-8,18H,4-6,9-10,12-13H2. The van der Waals surface area contributed by atoms with Crippen molar-refractivity contribution in [3.05, 3.63) is 30.3 Å². The second-order valence-electron chi connectivity index (χ2n) is 5.10. The highest BCUT2D eigenvalue weighted by atomic mass is 16.3. The van der Waals surface area contributed by atoms with Crippen molar-refractivity contribution >= 4 is 5.69 Å². The van der Waals surface area contributed by atoms with Crippen LogP contribution < -0.4 is 4.90 Å². The third-order valence-electron chi connectivity index (χ3n) is 3.63. The summed E-state index contributed by atoms with van der Waals surface area (Å²) in [5.74, 6) is 0. The monoisotopic (exact) mass is 244 g/mol. The van der Waals surface area contributed by atoms with Crippen molar-refractivity contribution in [3.63, 3.8) is 0 Å². The maximum absolute atomic E-state index is 10.5. The number of hydrogen-bond acceptors (Lipinski definition) is 3. The van der Waals surface area contributed by atoms with Crippen LogP contribution in [-0.2, 0) is 0 Å². The summed E-state index contributed by atoms with van der Waals surface area (Å²) >= 11 is 0. The maximum Gasteiger partial charge on any atom is 0.0821 e. The molecule has 0 radical (unpaired) electrons. The minimum Gasteiger partial charge on any atom is -0.388 e. The van der Waals surface area contributed by atoms with Crippen LogP contribution in [-0.4, -0.2) is 23.8 Å². The Bertz CT molecular complexity index is 404. The van der Waals surface area contributed by atoms with E-state index < -0.39 is 5.60 Å². The molecule has 1 aromatic carbocycles. The van der Waals surface area contributed by atoms with E-state index in [-0.39, 0.29) is 0 Å². The Labute approximate surface area is 109 Å². The Morgan fingerprint density at radius 2 is 1.89 bits per heavy atom. The lowest BCUT2D eigenvalue weighted by atomic mass is 10.0. The Kier molecular flexibility index (Phi) is 4.22. The van der Waals surface area contributed by atoms with Gasteiger partial charge in [-0.25, -0.2) is 0 Å². The molecule has 2 rings (SSSR count). The molecule has 0 amide bonds. The normalized spacial score (nSPS) is 17.3. The molecule has 1 saturated carbocycles. The molecular formula is C15H20N2O. The van der Waals surface area contributed by atoms with Gasteiger partial charge < -0.3 is 10.0 Å². The first-order valence-corrected chi connectivity index (χ1v) is 6.63. The Hall–Kier alpha value is -1.53. The molecule has 3 nitrogen and oxygen atoms in total. The fourth-order valence-electron chi connectivity index (χ4n) is 2.67. The van der Waals surface area contributed by atoms with Gasteiger partial charge in [-0.1, -0.05) is 31.0 Å². The van der Waals surface area contributed by atoms with E-state index in [9.17, 15) is 5.11 Å². The number of rotatable bonds is 5. The first-order valence-electron chi connectivity index (χ1n) is 6.63. The van der Waals surface area contributed by atoms with Gasteiger partial charge in [-0.15, -0.1) is 0 Å². The summed E-state index contributed by atoms with van der Waals surface area (Å²) in [4.78, 5) is 2.13. The van der Waals surface area contributed by atoms with Gasteiger partial charge in [0.1, 0.15) is 0 Å². The number of benzene rings is 1. The molecule has 18 heavy (non-hydrogen) atoms. The molecule has 1 fully saturated rings. The van der Waals surface area contributed by atoms with Gasteiger partial charge in [-0.2, -0.15) is 5.26 Å². The van der Waals surface area contributed by atoms with Crippen molar-refractivity contribution in [2.45, 2.75) is 37.7 Å². The summed E-state index contributed by atoms with van der Waals surface area (Å²) in [7, 11) is 0. The van der Waals surface area contributed by atoms with Crippen LogP contribution >= 0.6 is 0 Å². The Balaban J connectivity index is 2.08. The highest BCUT2D eigenvalue weighted by Crippen LogP contribution is 2.31. The van der Waals surface area contributed by atoms with Crippen LogP contribution in [0.5, 0.6) is 0 Å². The third-order valence-corrected chi connectivity index (χ3v) is 3.63. The predicted molar refractivity (Wildman–Crippen MR) is 72.3 cm³/mol. The number of anilines is 1. The van der Waals surface area contributed by atoms with E-state index in [4.69, 9.17) is 5.26 Å². The minimum atomic E-state index is -0.564. The van der Waals surface area contributed by atoms with Crippen LogP contribution in [0, 0.1) is 11.3 Å². The average molecular weight is 244 g/mol. The molecule has 1 N–H and O–H groups in total. The molecule has 0 aromatic heterocycles. The molecule has 0 atom stereocenters. The zero-order chi connectivity index (χ0) is 12.8. The minimum absolute atomic E-state index is 0.491. The van der Waals surface area contributed by atoms with Crippen molar-refractivity contribution in [1.29, 1.82) is 5.26 Å². The van der Waals surface area contributed by atoms with Crippen molar-refractivity contribution in [3.8, 4) is 6.07 Å². The Morgan fingerprint density at radius 1 is 1.22 bits per heavy atom. The van der Waals surface area contributed by atoms with E-state index in [0.29, 0.717) is 19.5 Å². The molecule has 3 heteroatoms. The molecule has 0 bridgehead atoms. The van der Waals surface area contributed by atoms with Crippen molar-refractivity contribution in [2.75, 3.05) is 18.0 Å². The van der Waals surface area contributed by atoms with Gasteiger partial charge >= 0.3 is 0 Å². The molecule has 0 unspecified atom stereocenters. The molecule has 1 aliphatic carbocycles. The van der Waals surface area contributed by atoms with Crippen LogP contribution in [0.25, 0.3) is 0 Å². The van der Waals surface area contributed by atoms with E-state index in [2.05, 4.69) is 11.0 Å². The SMILES string of the molecule is N#CCCN(CC1(O)CCCC1)c1ccccc1. The van der Waals surface area contributed by atoms with Gasteiger partial charge in [0.25, 0.3) is 0 Å². The maximum atomic E-state index is 10.5. The quantitative estimate of drug-likeness (QED) is 0.866. The molecule has 1 aliphatic rings. The predicted octanol–water partition coefficient (Wildman–Crippen LogP) is 2.71. The highest BCUT2D eigenvalue weighted by molar-refractivity contribution is 5.46. The molecular weight excluding hydrogens is 224 g/mol. The van der Waals surface area contributed by atoms with Gasteiger partial charge in [-0.05, 0) is 25.0 Å². The lowest BCUT2D eigenvalue weighted by Gasteiger charge is -2.32. The van der Waals surface area contributed by atoms with E-state index in [1.165, 1.54) is 0 Å². The van der Waals surface area contributed by atoms with Gasteiger partial charge in [0, 0.05) is 18.8 Å². The topological polar surface area (TPSA) is 47.3 Å². The number of aliphatic hydroxyl groups is 1. The molecule has 0 aliphatic heterocycles.